The van der Waals surface area contributed by atoms with E-state index in [0.29, 0.717) is 17.2 Å². The number of hydrogen-bond donors (Lipinski definition) is 1. The van der Waals surface area contributed by atoms with Gasteiger partial charge in [-0.15, -0.1) is 0 Å². The Morgan fingerprint density at radius 3 is 2.70 bits per heavy atom. The van der Waals surface area contributed by atoms with Gasteiger partial charge in [0.2, 0.25) is 12.7 Å². The smallest absolute Gasteiger partial charge is 0.235 e. The van der Waals surface area contributed by atoms with Gasteiger partial charge >= 0.3 is 0 Å². The lowest BCUT2D eigenvalue weighted by Gasteiger charge is -2.18. The first kappa shape index (κ1) is 13.9. The number of methoxy groups -OCH3 is 1. The Labute approximate surface area is 134 Å². The number of anilines is 1. The summed E-state index contributed by atoms with van der Waals surface area (Å²) in [6, 6.07) is 13.1. The number of rotatable bonds is 4. The molecule has 1 aliphatic carbocycles. The molecule has 1 N–H and O–H groups in total. The maximum absolute atomic E-state index is 12.8. The van der Waals surface area contributed by atoms with Crippen molar-refractivity contribution in [2.24, 2.45) is 0 Å². The van der Waals surface area contributed by atoms with Crippen LogP contribution in [0, 0.1) is 0 Å². The van der Waals surface area contributed by atoms with Crippen LogP contribution in [0.1, 0.15) is 18.4 Å². The maximum Gasteiger partial charge on any atom is 0.235 e. The van der Waals surface area contributed by atoms with Crippen molar-refractivity contribution in [3.05, 3.63) is 48.0 Å². The Kier molecular flexibility index (Phi) is 3.15. The highest BCUT2D eigenvalue weighted by molar-refractivity contribution is 6.02. The molecule has 1 heterocycles. The van der Waals surface area contributed by atoms with E-state index >= 15 is 0 Å². The number of benzene rings is 2. The van der Waals surface area contributed by atoms with E-state index in [1.54, 1.807) is 19.2 Å². The topological polar surface area (TPSA) is 56.8 Å². The van der Waals surface area contributed by atoms with Gasteiger partial charge in [0, 0.05) is 17.3 Å². The van der Waals surface area contributed by atoms with Crippen LogP contribution in [-0.2, 0) is 10.2 Å². The van der Waals surface area contributed by atoms with Gasteiger partial charge in [-0.1, -0.05) is 18.2 Å². The van der Waals surface area contributed by atoms with Crippen molar-refractivity contribution >= 4 is 11.6 Å². The predicted molar refractivity (Wildman–Crippen MR) is 85.1 cm³/mol. The summed E-state index contributed by atoms with van der Waals surface area (Å²) in [7, 11) is 1.63. The van der Waals surface area contributed by atoms with E-state index in [4.69, 9.17) is 14.2 Å². The van der Waals surface area contributed by atoms with Crippen LogP contribution in [0.4, 0.5) is 5.69 Å². The molecule has 5 heteroatoms. The van der Waals surface area contributed by atoms with Crippen LogP contribution >= 0.6 is 0 Å². The number of hydrogen-bond acceptors (Lipinski definition) is 4. The third-order valence-corrected chi connectivity index (χ3v) is 4.44. The van der Waals surface area contributed by atoms with Crippen LogP contribution in [-0.4, -0.2) is 19.8 Å². The van der Waals surface area contributed by atoms with Gasteiger partial charge in [-0.05, 0) is 31.0 Å². The molecule has 1 aliphatic heterocycles. The van der Waals surface area contributed by atoms with Gasteiger partial charge in [0.15, 0.2) is 11.5 Å². The second-order valence-electron chi connectivity index (χ2n) is 5.80. The van der Waals surface area contributed by atoms with Crippen LogP contribution in [0.2, 0.25) is 0 Å². The molecule has 4 rings (SSSR count). The van der Waals surface area contributed by atoms with E-state index < -0.39 is 5.41 Å². The number of amides is 1. The molecular formula is C18H17NO4. The number of carbonyl (C=O) groups excluding carboxylic acids is 1. The first-order valence-corrected chi connectivity index (χ1v) is 7.57. The number of ether oxygens (including phenoxy) is 3. The first-order valence-electron chi connectivity index (χ1n) is 7.57. The molecule has 5 nitrogen and oxygen atoms in total. The Bertz CT molecular complexity index is 767. The highest BCUT2D eigenvalue weighted by Gasteiger charge is 2.52. The third-order valence-electron chi connectivity index (χ3n) is 4.44. The summed E-state index contributed by atoms with van der Waals surface area (Å²) in [4.78, 5) is 12.8. The molecule has 2 aromatic carbocycles. The zero-order chi connectivity index (χ0) is 15.9. The number of nitrogens with one attached hydrogen (secondary N) is 1. The quantitative estimate of drug-likeness (QED) is 0.942. The van der Waals surface area contributed by atoms with Gasteiger partial charge in [0.25, 0.3) is 0 Å². The van der Waals surface area contributed by atoms with E-state index in [0.717, 1.165) is 24.2 Å². The minimum Gasteiger partial charge on any atom is -0.496 e. The van der Waals surface area contributed by atoms with Crippen LogP contribution < -0.4 is 19.5 Å². The summed E-state index contributed by atoms with van der Waals surface area (Å²) < 4.78 is 16.1. The molecule has 0 aromatic heterocycles. The Morgan fingerprint density at radius 1 is 1.13 bits per heavy atom. The zero-order valence-corrected chi connectivity index (χ0v) is 12.8. The van der Waals surface area contributed by atoms with Crippen LogP contribution in [0.15, 0.2) is 42.5 Å². The molecule has 0 saturated heterocycles. The first-order chi connectivity index (χ1) is 11.2. The van der Waals surface area contributed by atoms with Crippen molar-refractivity contribution in [2.45, 2.75) is 18.3 Å². The molecule has 0 bridgehead atoms. The molecule has 0 atom stereocenters. The van der Waals surface area contributed by atoms with Crippen molar-refractivity contribution in [1.82, 2.24) is 0 Å². The van der Waals surface area contributed by atoms with Gasteiger partial charge < -0.3 is 19.5 Å². The second kappa shape index (κ2) is 5.19. The summed E-state index contributed by atoms with van der Waals surface area (Å²) in [5.41, 5.74) is 1.16. The van der Waals surface area contributed by atoms with Crippen molar-refractivity contribution in [2.75, 3.05) is 19.2 Å². The predicted octanol–water partition coefficient (Wildman–Crippen LogP) is 3.09. The molecule has 1 amide bonds. The lowest BCUT2D eigenvalue weighted by Crippen LogP contribution is -2.28. The minimum atomic E-state index is -0.497. The summed E-state index contributed by atoms with van der Waals surface area (Å²) >= 11 is 0. The van der Waals surface area contributed by atoms with Crippen LogP contribution in [0.25, 0.3) is 0 Å². The van der Waals surface area contributed by atoms with Gasteiger partial charge in [-0.25, -0.2) is 0 Å². The molecule has 1 saturated carbocycles. The standard InChI is InChI=1S/C18H17NO4/c1-21-14-5-3-2-4-13(14)18(8-9-18)17(20)19-12-6-7-15-16(10-12)23-11-22-15/h2-7,10H,8-9,11H2,1H3,(H,19,20). The number of para-hydroxylation sites is 1. The average molecular weight is 311 g/mol. The molecule has 118 valence electrons. The van der Waals surface area contributed by atoms with Gasteiger partial charge in [-0.3, -0.25) is 4.79 Å². The normalized spacial score (nSPS) is 16.7. The van der Waals surface area contributed by atoms with Crippen molar-refractivity contribution in [1.29, 1.82) is 0 Å². The van der Waals surface area contributed by atoms with Crippen LogP contribution in [0.3, 0.4) is 0 Å². The Balaban J connectivity index is 1.59. The fourth-order valence-corrected chi connectivity index (χ4v) is 3.01. The van der Waals surface area contributed by atoms with E-state index in [-0.39, 0.29) is 12.7 Å². The summed E-state index contributed by atoms with van der Waals surface area (Å²) in [5, 5.41) is 2.99. The van der Waals surface area contributed by atoms with E-state index in [2.05, 4.69) is 5.32 Å². The van der Waals surface area contributed by atoms with Crippen molar-refractivity contribution < 1.29 is 19.0 Å². The highest BCUT2D eigenvalue weighted by Crippen LogP contribution is 2.52. The zero-order valence-electron chi connectivity index (χ0n) is 12.8. The molecule has 2 aliphatic rings. The summed E-state index contributed by atoms with van der Waals surface area (Å²) in [6.07, 6.45) is 1.65. The molecule has 0 radical (unpaired) electrons. The number of fused-ring (bicyclic) bond motifs is 1. The largest absolute Gasteiger partial charge is 0.496 e. The fourth-order valence-electron chi connectivity index (χ4n) is 3.01. The number of carbonyl (C=O) groups is 1. The monoisotopic (exact) mass is 311 g/mol. The molecule has 2 aromatic rings. The maximum atomic E-state index is 12.8. The Morgan fingerprint density at radius 2 is 1.91 bits per heavy atom. The minimum absolute atomic E-state index is 0.0131. The lowest BCUT2D eigenvalue weighted by atomic mass is 9.94. The van der Waals surface area contributed by atoms with Crippen molar-refractivity contribution in [3.63, 3.8) is 0 Å². The van der Waals surface area contributed by atoms with E-state index in [9.17, 15) is 4.79 Å². The molecule has 0 spiro atoms. The van der Waals surface area contributed by atoms with Gasteiger partial charge in [0.05, 0.1) is 12.5 Å². The lowest BCUT2D eigenvalue weighted by molar-refractivity contribution is -0.118. The molecule has 23 heavy (non-hydrogen) atoms. The van der Waals surface area contributed by atoms with Crippen molar-refractivity contribution in [3.8, 4) is 17.2 Å². The average Bonchev–Trinajstić information content (AvgIpc) is 3.27. The Hall–Kier alpha value is -2.69. The molecule has 0 unspecified atom stereocenters. The van der Waals surface area contributed by atoms with Crippen LogP contribution in [0.5, 0.6) is 17.2 Å². The van der Waals surface area contributed by atoms with Gasteiger partial charge in [0.1, 0.15) is 5.75 Å². The van der Waals surface area contributed by atoms with E-state index in [1.165, 1.54) is 0 Å². The van der Waals surface area contributed by atoms with E-state index in [1.807, 2.05) is 30.3 Å². The second-order valence-corrected chi connectivity index (χ2v) is 5.80. The third kappa shape index (κ3) is 2.29. The summed E-state index contributed by atoms with van der Waals surface area (Å²) in [6.45, 7) is 0.220. The van der Waals surface area contributed by atoms with Gasteiger partial charge in [-0.2, -0.15) is 0 Å². The highest BCUT2D eigenvalue weighted by atomic mass is 16.7. The fraction of sp³-hybridized carbons (Fsp3) is 0.278. The summed E-state index contributed by atoms with van der Waals surface area (Å²) in [5.74, 6) is 2.10. The SMILES string of the molecule is COc1ccccc1C1(C(=O)Nc2ccc3c(c2)OCO3)CC1. The molecular weight excluding hydrogens is 294 g/mol. The molecule has 1 fully saturated rings.